The Morgan fingerprint density at radius 1 is 1.03 bits per heavy atom. The molecule has 6 rings (SSSR count). The molecular weight excluding hydrogens is 430 g/mol. The van der Waals surface area contributed by atoms with Gasteiger partial charge < -0.3 is 19.9 Å². The van der Waals surface area contributed by atoms with Crippen LogP contribution in [0.1, 0.15) is 75.7 Å². The summed E-state index contributed by atoms with van der Waals surface area (Å²) in [4.78, 5) is 8.70. The molecule has 3 aliphatic rings. The molecule has 8 nitrogen and oxygen atoms in total. The van der Waals surface area contributed by atoms with E-state index in [2.05, 4.69) is 26.0 Å². The van der Waals surface area contributed by atoms with Crippen molar-refractivity contribution in [2.24, 2.45) is 0 Å². The lowest BCUT2D eigenvalue weighted by Crippen LogP contribution is -2.28. The summed E-state index contributed by atoms with van der Waals surface area (Å²) in [5.41, 5.74) is 1.51. The Hall–Kier alpha value is -2.97. The molecule has 8 heteroatoms. The summed E-state index contributed by atoms with van der Waals surface area (Å²) in [7, 11) is 0. The van der Waals surface area contributed by atoms with E-state index in [0.717, 1.165) is 42.9 Å². The van der Waals surface area contributed by atoms with E-state index < -0.39 is 5.60 Å². The highest BCUT2D eigenvalue weighted by Gasteiger charge is 2.38. The molecule has 0 spiro atoms. The first-order valence-electron chi connectivity index (χ1n) is 12.3. The van der Waals surface area contributed by atoms with Crippen LogP contribution in [0.5, 0.6) is 11.6 Å². The van der Waals surface area contributed by atoms with Crippen LogP contribution in [0.25, 0.3) is 0 Å². The monoisotopic (exact) mass is 461 g/mol. The van der Waals surface area contributed by atoms with Gasteiger partial charge in [0.25, 0.3) is 0 Å². The van der Waals surface area contributed by atoms with Gasteiger partial charge in [-0.3, -0.25) is 4.98 Å². The average Bonchev–Trinajstić information content (AvgIpc) is 3.49. The van der Waals surface area contributed by atoms with Crippen LogP contribution in [0.2, 0.25) is 0 Å². The lowest BCUT2D eigenvalue weighted by molar-refractivity contribution is -0.0191. The molecule has 0 amide bonds. The highest BCUT2D eigenvalue weighted by atomic mass is 16.5. The fourth-order valence-electron chi connectivity index (χ4n) is 5.00. The molecule has 0 radical (unpaired) electrons. The molecular formula is C26H31N5O3. The van der Waals surface area contributed by atoms with Gasteiger partial charge in [0.1, 0.15) is 17.2 Å². The first kappa shape index (κ1) is 21.6. The van der Waals surface area contributed by atoms with Crippen molar-refractivity contribution in [2.75, 3.05) is 5.32 Å². The number of ether oxygens (including phenoxy) is 2. The lowest BCUT2D eigenvalue weighted by atomic mass is 10.0. The highest BCUT2D eigenvalue weighted by Crippen LogP contribution is 2.44. The van der Waals surface area contributed by atoms with Gasteiger partial charge in [-0.2, -0.15) is 5.10 Å². The summed E-state index contributed by atoms with van der Waals surface area (Å²) in [5.74, 6) is 2.71. The molecule has 2 aliphatic heterocycles. The van der Waals surface area contributed by atoms with Gasteiger partial charge in [0.2, 0.25) is 5.88 Å². The average molecular weight is 462 g/mol. The molecule has 3 fully saturated rings. The first-order valence-corrected chi connectivity index (χ1v) is 12.3. The summed E-state index contributed by atoms with van der Waals surface area (Å²) in [6.45, 7) is 3.43. The molecule has 178 valence electrons. The normalized spacial score (nSPS) is 24.3. The smallest absolute Gasteiger partial charge is 0.218 e. The maximum Gasteiger partial charge on any atom is 0.218 e. The fraction of sp³-hybridized carbons (Fsp3) is 0.500. The minimum absolute atomic E-state index is 0.310. The molecule has 3 aromatic heterocycles. The number of pyridine rings is 2. The molecule has 3 atom stereocenters. The number of nitrogens with one attached hydrogen (secondary N) is 1. The Bertz CT molecular complexity index is 1170. The second kappa shape index (κ2) is 8.36. The Labute approximate surface area is 199 Å². The Morgan fingerprint density at radius 3 is 2.53 bits per heavy atom. The van der Waals surface area contributed by atoms with Crippen molar-refractivity contribution in [3.63, 3.8) is 0 Å². The van der Waals surface area contributed by atoms with Crippen LogP contribution in [0.3, 0.4) is 0 Å². The van der Waals surface area contributed by atoms with Crippen LogP contribution in [-0.2, 0) is 10.3 Å². The Kier molecular flexibility index (Phi) is 5.30. The zero-order chi connectivity index (χ0) is 23.3. The van der Waals surface area contributed by atoms with Gasteiger partial charge in [0.05, 0.1) is 29.6 Å². The molecule has 2 bridgehead atoms. The van der Waals surface area contributed by atoms with E-state index in [9.17, 15) is 5.11 Å². The zero-order valence-electron chi connectivity index (χ0n) is 19.6. The number of hydrogen-bond acceptors (Lipinski definition) is 7. The van der Waals surface area contributed by atoms with E-state index in [1.807, 2.05) is 24.3 Å². The van der Waals surface area contributed by atoms with E-state index in [4.69, 9.17) is 14.6 Å². The Morgan fingerprint density at radius 2 is 1.79 bits per heavy atom. The molecule has 1 unspecified atom stereocenters. The summed E-state index contributed by atoms with van der Waals surface area (Å²) >= 11 is 0. The Balaban J connectivity index is 1.23. The maximum atomic E-state index is 10.3. The van der Waals surface area contributed by atoms with Crippen molar-refractivity contribution in [1.29, 1.82) is 0 Å². The third-order valence-corrected chi connectivity index (χ3v) is 6.94. The van der Waals surface area contributed by atoms with Crippen molar-refractivity contribution in [1.82, 2.24) is 19.7 Å². The SMILES string of the molecule is CC(C)(O)c1cc(Nc2cc(Oc3cc(C4CC4)nn3C3C[C@H]4CC[C@@H](C3)O4)ccn2)ccn1. The summed E-state index contributed by atoms with van der Waals surface area (Å²) < 4.78 is 14.6. The standard InChI is InChI=1S/C26H31N5O3/c1-26(2,32)23-11-17(7-9-27-23)29-24-14-21(8-10-28-24)34-25-15-22(16-3-4-16)30-31(25)18-12-19-5-6-20(13-18)33-19/h7-11,14-16,18-20,32H,3-6,12-13H2,1-2H3,(H,27,28,29)/t18?,19-,20+. The van der Waals surface area contributed by atoms with Crippen molar-refractivity contribution in [2.45, 2.75) is 82.1 Å². The van der Waals surface area contributed by atoms with Gasteiger partial charge in [-0.1, -0.05) is 0 Å². The quantitative estimate of drug-likeness (QED) is 0.500. The number of rotatable bonds is 7. The predicted molar refractivity (Wildman–Crippen MR) is 127 cm³/mol. The van der Waals surface area contributed by atoms with E-state index >= 15 is 0 Å². The number of nitrogens with zero attached hydrogens (tertiary/aromatic N) is 4. The molecule has 1 saturated carbocycles. The number of aliphatic hydroxyl groups is 1. The molecule has 34 heavy (non-hydrogen) atoms. The first-order chi connectivity index (χ1) is 16.4. The van der Waals surface area contributed by atoms with Crippen LogP contribution in [0.15, 0.2) is 42.7 Å². The lowest BCUT2D eigenvalue weighted by Gasteiger charge is -2.29. The fourth-order valence-corrected chi connectivity index (χ4v) is 5.00. The topological polar surface area (TPSA) is 94.3 Å². The van der Waals surface area contributed by atoms with Crippen LogP contribution in [-0.4, -0.2) is 37.1 Å². The van der Waals surface area contributed by atoms with Gasteiger partial charge >= 0.3 is 0 Å². The maximum absolute atomic E-state index is 10.3. The van der Waals surface area contributed by atoms with Crippen molar-refractivity contribution < 1.29 is 14.6 Å². The molecule has 1 aliphatic carbocycles. The van der Waals surface area contributed by atoms with Crippen LogP contribution < -0.4 is 10.1 Å². The predicted octanol–water partition coefficient (Wildman–Crippen LogP) is 5.20. The molecule has 5 heterocycles. The molecule has 2 saturated heterocycles. The summed E-state index contributed by atoms with van der Waals surface area (Å²) in [6.07, 6.45) is 10.8. The van der Waals surface area contributed by atoms with Gasteiger partial charge in [0.15, 0.2) is 0 Å². The van der Waals surface area contributed by atoms with Crippen LogP contribution in [0, 0.1) is 0 Å². The van der Waals surface area contributed by atoms with E-state index in [-0.39, 0.29) is 0 Å². The summed E-state index contributed by atoms with van der Waals surface area (Å²) in [5, 5.41) is 18.5. The molecule has 0 aromatic carbocycles. The van der Waals surface area contributed by atoms with Crippen LogP contribution >= 0.6 is 0 Å². The minimum atomic E-state index is -1.02. The van der Waals surface area contributed by atoms with Gasteiger partial charge in [0, 0.05) is 36.1 Å². The highest BCUT2D eigenvalue weighted by molar-refractivity contribution is 5.57. The van der Waals surface area contributed by atoms with Crippen molar-refractivity contribution >= 4 is 11.5 Å². The minimum Gasteiger partial charge on any atom is -0.439 e. The van der Waals surface area contributed by atoms with Gasteiger partial charge in [-0.25, -0.2) is 9.67 Å². The third-order valence-electron chi connectivity index (χ3n) is 6.94. The van der Waals surface area contributed by atoms with Gasteiger partial charge in [-0.15, -0.1) is 0 Å². The van der Waals surface area contributed by atoms with Crippen LogP contribution in [0.4, 0.5) is 11.5 Å². The number of anilines is 2. The number of aromatic nitrogens is 4. The summed E-state index contributed by atoms with van der Waals surface area (Å²) in [6, 6.07) is 9.84. The van der Waals surface area contributed by atoms with E-state index in [1.54, 1.807) is 26.2 Å². The van der Waals surface area contributed by atoms with Gasteiger partial charge in [-0.05, 0) is 70.6 Å². The zero-order valence-corrected chi connectivity index (χ0v) is 19.6. The van der Waals surface area contributed by atoms with Crippen molar-refractivity contribution in [3.05, 3.63) is 54.1 Å². The largest absolute Gasteiger partial charge is 0.439 e. The van der Waals surface area contributed by atoms with Crippen molar-refractivity contribution in [3.8, 4) is 11.6 Å². The molecule has 2 N–H and O–H groups in total. The second-order valence-corrected chi connectivity index (χ2v) is 10.3. The van der Waals surface area contributed by atoms with E-state index in [1.165, 1.54) is 12.8 Å². The second-order valence-electron chi connectivity index (χ2n) is 10.3. The molecule has 3 aromatic rings. The third kappa shape index (κ3) is 4.52. The number of hydrogen-bond donors (Lipinski definition) is 2. The number of fused-ring (bicyclic) bond motifs is 2. The van der Waals surface area contributed by atoms with E-state index in [0.29, 0.717) is 41.4 Å².